The van der Waals surface area contributed by atoms with Crippen molar-refractivity contribution >= 4 is 5.97 Å². The zero-order valence-corrected chi connectivity index (χ0v) is 8.74. The highest BCUT2D eigenvalue weighted by atomic mass is 19.3. The molecule has 92 valence electrons. The summed E-state index contributed by atoms with van der Waals surface area (Å²) in [5, 5.41) is 8.95. The van der Waals surface area contributed by atoms with Crippen LogP contribution in [0, 0.1) is 0 Å². The summed E-state index contributed by atoms with van der Waals surface area (Å²) < 4.78 is 34.2. The molecule has 3 N–H and O–H groups in total. The molecule has 1 aromatic rings. The highest BCUT2D eigenvalue weighted by Crippen LogP contribution is 2.45. The fourth-order valence-electron chi connectivity index (χ4n) is 1.49. The normalized spacial score (nSPS) is 19.8. The van der Waals surface area contributed by atoms with Crippen LogP contribution >= 0.6 is 0 Å². The molecule has 0 spiro atoms. The molecule has 1 aromatic carbocycles. The van der Waals surface area contributed by atoms with E-state index in [4.69, 9.17) is 10.8 Å². The van der Waals surface area contributed by atoms with Gasteiger partial charge in [0.05, 0.1) is 0 Å². The number of rotatable bonds is 2. The first-order valence-corrected chi connectivity index (χ1v) is 4.65. The number of benzene rings is 1. The van der Waals surface area contributed by atoms with Crippen molar-refractivity contribution < 1.29 is 28.2 Å². The SMILES string of the molecule is C[C@](N)(C(=O)O)c1cccc2c1OC(F)(F)O2. The van der Waals surface area contributed by atoms with Gasteiger partial charge < -0.3 is 20.3 Å². The van der Waals surface area contributed by atoms with E-state index in [0.29, 0.717) is 0 Å². The molecule has 0 aliphatic carbocycles. The summed E-state index contributed by atoms with van der Waals surface area (Å²) in [5.74, 6) is -1.93. The smallest absolute Gasteiger partial charge is 0.480 e. The number of para-hydroxylation sites is 1. The molecule has 5 nitrogen and oxygen atoms in total. The molecule has 1 atom stereocenters. The van der Waals surface area contributed by atoms with Gasteiger partial charge in [0.1, 0.15) is 5.54 Å². The Hall–Kier alpha value is -1.89. The number of aliphatic carboxylic acids is 1. The minimum atomic E-state index is -3.80. The van der Waals surface area contributed by atoms with Crippen molar-refractivity contribution in [3.63, 3.8) is 0 Å². The summed E-state index contributed by atoms with van der Waals surface area (Å²) in [6.45, 7) is 1.19. The number of alkyl halides is 2. The molecule has 0 amide bonds. The maximum Gasteiger partial charge on any atom is 0.586 e. The number of nitrogens with two attached hydrogens (primary N) is 1. The van der Waals surface area contributed by atoms with Gasteiger partial charge in [-0.05, 0) is 13.0 Å². The third-order valence-corrected chi connectivity index (χ3v) is 2.43. The molecule has 0 unspecified atom stereocenters. The van der Waals surface area contributed by atoms with Crippen LogP contribution in [0.15, 0.2) is 18.2 Å². The molecule has 0 saturated heterocycles. The Bertz CT molecular complexity index is 487. The summed E-state index contributed by atoms with van der Waals surface area (Å²) in [4.78, 5) is 11.0. The highest BCUT2D eigenvalue weighted by Gasteiger charge is 2.47. The lowest BCUT2D eigenvalue weighted by Crippen LogP contribution is -2.42. The van der Waals surface area contributed by atoms with Crippen LogP contribution < -0.4 is 15.2 Å². The summed E-state index contributed by atoms with van der Waals surface area (Å²) in [5.41, 5.74) is 3.65. The number of carboxylic acids is 1. The lowest BCUT2D eigenvalue weighted by molar-refractivity contribution is -0.287. The van der Waals surface area contributed by atoms with E-state index >= 15 is 0 Å². The Morgan fingerprint density at radius 3 is 2.71 bits per heavy atom. The van der Waals surface area contributed by atoms with Gasteiger partial charge in [-0.2, -0.15) is 0 Å². The summed E-state index contributed by atoms with van der Waals surface area (Å²) in [6, 6.07) is 3.92. The molecule has 0 radical (unpaired) electrons. The van der Waals surface area contributed by atoms with E-state index in [1.807, 2.05) is 0 Å². The van der Waals surface area contributed by atoms with Crippen LogP contribution in [0.1, 0.15) is 12.5 Å². The first-order valence-electron chi connectivity index (χ1n) is 4.65. The van der Waals surface area contributed by atoms with Gasteiger partial charge in [-0.15, -0.1) is 8.78 Å². The molecule has 17 heavy (non-hydrogen) atoms. The van der Waals surface area contributed by atoms with E-state index in [0.717, 1.165) is 0 Å². The van der Waals surface area contributed by atoms with E-state index in [1.54, 1.807) is 0 Å². The minimum Gasteiger partial charge on any atom is -0.480 e. The number of halogens is 2. The average Bonchev–Trinajstić information content (AvgIpc) is 2.50. The Morgan fingerprint density at radius 2 is 2.12 bits per heavy atom. The van der Waals surface area contributed by atoms with Crippen LogP contribution in [-0.2, 0) is 10.3 Å². The lowest BCUT2D eigenvalue weighted by atomic mass is 9.92. The Kier molecular flexibility index (Phi) is 2.25. The van der Waals surface area contributed by atoms with E-state index < -0.39 is 17.8 Å². The van der Waals surface area contributed by atoms with Gasteiger partial charge in [0, 0.05) is 5.56 Å². The Labute approximate surface area is 94.7 Å². The van der Waals surface area contributed by atoms with E-state index in [9.17, 15) is 13.6 Å². The average molecular weight is 245 g/mol. The van der Waals surface area contributed by atoms with Crippen molar-refractivity contribution in [3.8, 4) is 11.5 Å². The molecule has 0 fully saturated rings. The van der Waals surface area contributed by atoms with Crippen molar-refractivity contribution in [1.29, 1.82) is 0 Å². The number of ether oxygens (including phenoxy) is 2. The Balaban J connectivity index is 2.54. The second kappa shape index (κ2) is 3.30. The van der Waals surface area contributed by atoms with Crippen molar-refractivity contribution in [2.24, 2.45) is 5.73 Å². The standard InChI is InChI=1S/C10H9F2NO4/c1-9(13,8(14)15)5-3-2-4-6-7(5)17-10(11,12)16-6/h2-4H,13H2,1H3,(H,14,15)/t9-/m1/s1. The Morgan fingerprint density at radius 1 is 1.47 bits per heavy atom. The van der Waals surface area contributed by atoms with Crippen molar-refractivity contribution in [1.82, 2.24) is 0 Å². The molecular formula is C10H9F2NO4. The molecule has 1 aliphatic heterocycles. The topological polar surface area (TPSA) is 81.8 Å². The minimum absolute atomic E-state index is 0.0697. The zero-order valence-electron chi connectivity index (χ0n) is 8.74. The third kappa shape index (κ3) is 1.78. The van der Waals surface area contributed by atoms with Gasteiger partial charge in [0.25, 0.3) is 0 Å². The fourth-order valence-corrected chi connectivity index (χ4v) is 1.49. The van der Waals surface area contributed by atoms with Crippen LogP contribution in [0.3, 0.4) is 0 Å². The van der Waals surface area contributed by atoms with Crippen molar-refractivity contribution in [2.75, 3.05) is 0 Å². The largest absolute Gasteiger partial charge is 0.586 e. The van der Waals surface area contributed by atoms with Gasteiger partial charge in [-0.1, -0.05) is 12.1 Å². The summed E-state index contributed by atoms with van der Waals surface area (Å²) in [7, 11) is 0. The van der Waals surface area contributed by atoms with Crippen LogP contribution in [0.25, 0.3) is 0 Å². The zero-order chi connectivity index (χ0) is 12.8. The number of fused-ring (bicyclic) bond motifs is 1. The fraction of sp³-hybridized carbons (Fsp3) is 0.300. The lowest BCUT2D eigenvalue weighted by Gasteiger charge is -2.20. The van der Waals surface area contributed by atoms with Gasteiger partial charge >= 0.3 is 12.3 Å². The second-order valence-electron chi connectivity index (χ2n) is 3.81. The first kappa shape index (κ1) is 11.6. The molecule has 0 bridgehead atoms. The summed E-state index contributed by atoms with van der Waals surface area (Å²) >= 11 is 0. The first-order chi connectivity index (χ1) is 7.74. The van der Waals surface area contributed by atoms with E-state index in [-0.39, 0.29) is 17.1 Å². The molecule has 1 heterocycles. The van der Waals surface area contributed by atoms with Crippen LogP contribution in [0.5, 0.6) is 11.5 Å². The van der Waals surface area contributed by atoms with Gasteiger partial charge in [-0.25, -0.2) is 4.79 Å². The van der Waals surface area contributed by atoms with Gasteiger partial charge in [-0.3, -0.25) is 0 Å². The predicted octanol–water partition coefficient (Wildman–Crippen LogP) is 1.27. The third-order valence-electron chi connectivity index (χ3n) is 2.43. The quantitative estimate of drug-likeness (QED) is 0.819. The molecular weight excluding hydrogens is 236 g/mol. The maximum absolute atomic E-state index is 12.9. The molecule has 2 rings (SSSR count). The number of carboxylic acid groups (broad SMARTS) is 1. The molecule has 7 heteroatoms. The van der Waals surface area contributed by atoms with Crippen LogP contribution in [0.2, 0.25) is 0 Å². The van der Waals surface area contributed by atoms with E-state index in [2.05, 4.69) is 9.47 Å². The second-order valence-corrected chi connectivity index (χ2v) is 3.81. The van der Waals surface area contributed by atoms with Gasteiger partial charge in [0.15, 0.2) is 11.5 Å². The molecule has 1 aliphatic rings. The van der Waals surface area contributed by atoms with Crippen LogP contribution in [0.4, 0.5) is 8.78 Å². The van der Waals surface area contributed by atoms with E-state index in [1.165, 1.54) is 25.1 Å². The highest BCUT2D eigenvalue weighted by molar-refractivity contribution is 5.81. The van der Waals surface area contributed by atoms with Crippen LogP contribution in [-0.4, -0.2) is 17.4 Å². The molecule has 0 saturated carbocycles. The maximum atomic E-state index is 12.9. The van der Waals surface area contributed by atoms with Crippen molar-refractivity contribution in [2.45, 2.75) is 18.8 Å². The summed E-state index contributed by atoms with van der Waals surface area (Å²) in [6.07, 6.45) is -3.80. The van der Waals surface area contributed by atoms with Gasteiger partial charge in [0.2, 0.25) is 0 Å². The van der Waals surface area contributed by atoms with Crippen molar-refractivity contribution in [3.05, 3.63) is 23.8 Å². The number of hydrogen-bond acceptors (Lipinski definition) is 4. The predicted molar refractivity (Wildman–Crippen MR) is 51.8 cm³/mol. The number of carbonyl (C=O) groups is 1. The molecule has 0 aromatic heterocycles. The monoisotopic (exact) mass is 245 g/mol. The number of hydrogen-bond donors (Lipinski definition) is 2.